The van der Waals surface area contributed by atoms with Crippen LogP contribution >= 0.6 is 0 Å². The molecule has 1 heterocycles. The van der Waals surface area contributed by atoms with Crippen molar-refractivity contribution in [2.75, 3.05) is 18.2 Å². The van der Waals surface area contributed by atoms with Crippen molar-refractivity contribution in [1.29, 1.82) is 0 Å². The first kappa shape index (κ1) is 15.3. The summed E-state index contributed by atoms with van der Waals surface area (Å²) in [7, 11) is -3.32. The second-order valence-electron chi connectivity index (χ2n) is 5.25. The van der Waals surface area contributed by atoms with E-state index in [1.54, 1.807) is 18.2 Å². The van der Waals surface area contributed by atoms with Gasteiger partial charge in [-0.25, -0.2) is 8.42 Å². The minimum absolute atomic E-state index is 0.162. The van der Waals surface area contributed by atoms with Crippen LogP contribution in [0.25, 0.3) is 6.08 Å². The fraction of sp³-hybridized carbons (Fsp3) is 0.118. The van der Waals surface area contributed by atoms with E-state index >= 15 is 0 Å². The van der Waals surface area contributed by atoms with E-state index in [4.69, 9.17) is 4.74 Å². The molecule has 2 aromatic carbocycles. The van der Waals surface area contributed by atoms with Crippen LogP contribution < -0.4 is 10.1 Å². The largest absolute Gasteiger partial charge is 0.488 e. The number of hydrogen-bond acceptors (Lipinski definition) is 4. The molecule has 1 amide bonds. The number of amides is 1. The van der Waals surface area contributed by atoms with E-state index in [9.17, 15) is 13.2 Å². The Kier molecular flexibility index (Phi) is 3.92. The molecule has 0 spiro atoms. The van der Waals surface area contributed by atoms with Crippen molar-refractivity contribution in [3.63, 3.8) is 0 Å². The number of carbonyl (C=O) groups excluding carboxylic acids is 1. The lowest BCUT2D eigenvalue weighted by Gasteiger charge is -2.17. The topological polar surface area (TPSA) is 72.5 Å². The summed E-state index contributed by atoms with van der Waals surface area (Å²) < 4.78 is 28.7. The summed E-state index contributed by atoms with van der Waals surface area (Å²) in [6.07, 6.45) is 2.90. The van der Waals surface area contributed by atoms with Gasteiger partial charge in [0.1, 0.15) is 12.4 Å². The minimum Gasteiger partial charge on any atom is -0.488 e. The number of ether oxygens (including phenoxy) is 1. The lowest BCUT2D eigenvalue weighted by molar-refractivity contribution is -0.113. The van der Waals surface area contributed by atoms with Gasteiger partial charge in [-0.3, -0.25) is 4.79 Å². The van der Waals surface area contributed by atoms with Crippen LogP contribution in [0, 0.1) is 0 Å². The smallest absolute Gasteiger partial charge is 0.255 e. The summed E-state index contributed by atoms with van der Waals surface area (Å²) in [6, 6.07) is 13.6. The lowest BCUT2D eigenvalue weighted by Crippen LogP contribution is -2.21. The molecule has 0 atom stereocenters. The molecule has 2 aromatic rings. The molecule has 5 nitrogen and oxygen atoms in total. The quantitative estimate of drug-likeness (QED) is 0.939. The van der Waals surface area contributed by atoms with E-state index in [-0.39, 0.29) is 17.4 Å². The molecule has 1 aliphatic rings. The molecule has 118 valence electrons. The normalized spacial score (nSPS) is 13.5. The predicted molar refractivity (Wildman–Crippen MR) is 88.1 cm³/mol. The summed E-state index contributed by atoms with van der Waals surface area (Å²) in [4.78, 5) is 12.5. The maximum absolute atomic E-state index is 12.3. The molecule has 0 saturated heterocycles. The molecule has 1 aliphatic heterocycles. The van der Waals surface area contributed by atoms with Crippen LogP contribution in [0.4, 0.5) is 5.69 Å². The fourth-order valence-electron chi connectivity index (χ4n) is 2.26. The van der Waals surface area contributed by atoms with Crippen LogP contribution in [0.2, 0.25) is 0 Å². The lowest BCUT2D eigenvalue weighted by atomic mass is 10.1. The first-order valence-corrected chi connectivity index (χ1v) is 8.86. The number of sulfone groups is 1. The number of fused-ring (bicyclic) bond motifs is 1. The average Bonchev–Trinajstić information content (AvgIpc) is 2.54. The fourth-order valence-corrected chi connectivity index (χ4v) is 2.93. The van der Waals surface area contributed by atoms with Gasteiger partial charge in [0, 0.05) is 17.5 Å². The molecular formula is C17H15NO4S. The van der Waals surface area contributed by atoms with Crippen molar-refractivity contribution in [2.45, 2.75) is 4.90 Å². The standard InChI is InChI=1S/C17H15NO4S/c1-23(20,21)15-7-4-6-14(10-15)18-17(19)13-9-12-5-2-3-8-16(12)22-11-13/h2-10H,11H2,1H3,(H,18,19). The Morgan fingerprint density at radius 1 is 1.13 bits per heavy atom. The predicted octanol–water partition coefficient (Wildman–Crippen LogP) is 2.50. The van der Waals surface area contributed by atoms with Gasteiger partial charge in [-0.1, -0.05) is 24.3 Å². The van der Waals surface area contributed by atoms with E-state index in [0.29, 0.717) is 11.3 Å². The van der Waals surface area contributed by atoms with Gasteiger partial charge < -0.3 is 10.1 Å². The number of para-hydroxylation sites is 1. The average molecular weight is 329 g/mol. The van der Waals surface area contributed by atoms with Crippen molar-refractivity contribution >= 4 is 27.5 Å². The van der Waals surface area contributed by atoms with Crippen LogP contribution in [-0.4, -0.2) is 27.2 Å². The number of nitrogens with one attached hydrogen (secondary N) is 1. The van der Waals surface area contributed by atoms with Crippen molar-refractivity contribution < 1.29 is 17.9 Å². The van der Waals surface area contributed by atoms with Gasteiger partial charge in [-0.05, 0) is 30.3 Å². The first-order valence-electron chi connectivity index (χ1n) is 6.97. The monoisotopic (exact) mass is 329 g/mol. The molecule has 0 radical (unpaired) electrons. The molecule has 1 N–H and O–H groups in total. The molecular weight excluding hydrogens is 314 g/mol. The van der Waals surface area contributed by atoms with E-state index in [1.807, 2.05) is 24.3 Å². The van der Waals surface area contributed by atoms with Crippen LogP contribution in [0.3, 0.4) is 0 Å². The first-order chi connectivity index (χ1) is 10.9. The highest BCUT2D eigenvalue weighted by Crippen LogP contribution is 2.26. The molecule has 0 aliphatic carbocycles. The van der Waals surface area contributed by atoms with Gasteiger partial charge in [0.25, 0.3) is 5.91 Å². The van der Waals surface area contributed by atoms with Crippen LogP contribution in [0.1, 0.15) is 5.56 Å². The summed E-state index contributed by atoms with van der Waals surface area (Å²) in [6.45, 7) is 0.175. The summed E-state index contributed by atoms with van der Waals surface area (Å²) in [5.74, 6) is 0.424. The molecule has 0 fully saturated rings. The van der Waals surface area contributed by atoms with Gasteiger partial charge in [-0.15, -0.1) is 0 Å². The summed E-state index contributed by atoms with van der Waals surface area (Å²) >= 11 is 0. The van der Waals surface area contributed by atoms with Gasteiger partial charge in [0.2, 0.25) is 0 Å². The Morgan fingerprint density at radius 3 is 2.70 bits per heavy atom. The molecule has 0 aromatic heterocycles. The zero-order valence-electron chi connectivity index (χ0n) is 12.4. The highest BCUT2D eigenvalue weighted by atomic mass is 32.2. The maximum Gasteiger partial charge on any atom is 0.255 e. The molecule has 6 heteroatoms. The van der Waals surface area contributed by atoms with E-state index in [2.05, 4.69) is 5.32 Å². The number of anilines is 1. The van der Waals surface area contributed by atoms with Crippen LogP contribution in [0.5, 0.6) is 5.75 Å². The minimum atomic E-state index is -3.32. The SMILES string of the molecule is CS(=O)(=O)c1cccc(NC(=O)C2=Cc3ccccc3OC2)c1. The van der Waals surface area contributed by atoms with Crippen LogP contribution in [-0.2, 0) is 14.6 Å². The summed E-state index contributed by atoms with van der Waals surface area (Å²) in [5.41, 5.74) is 1.75. The number of hydrogen-bond donors (Lipinski definition) is 1. The van der Waals surface area contributed by atoms with Crippen molar-refractivity contribution in [3.8, 4) is 5.75 Å². The zero-order chi connectivity index (χ0) is 16.4. The van der Waals surface area contributed by atoms with Crippen LogP contribution in [0.15, 0.2) is 59.0 Å². The van der Waals surface area contributed by atoms with E-state index in [1.165, 1.54) is 12.1 Å². The third kappa shape index (κ3) is 3.43. The van der Waals surface area contributed by atoms with Gasteiger partial charge in [-0.2, -0.15) is 0 Å². The number of carbonyl (C=O) groups is 1. The third-order valence-corrected chi connectivity index (χ3v) is 4.55. The second-order valence-corrected chi connectivity index (χ2v) is 7.27. The molecule has 0 saturated carbocycles. The van der Waals surface area contributed by atoms with Gasteiger partial charge in [0.05, 0.1) is 10.5 Å². The molecule has 3 rings (SSSR count). The number of rotatable bonds is 3. The molecule has 0 unspecified atom stereocenters. The van der Waals surface area contributed by atoms with Crippen molar-refractivity contribution in [1.82, 2.24) is 0 Å². The maximum atomic E-state index is 12.3. The van der Waals surface area contributed by atoms with E-state index < -0.39 is 9.84 Å². The Morgan fingerprint density at radius 2 is 1.91 bits per heavy atom. The van der Waals surface area contributed by atoms with Crippen molar-refractivity contribution in [3.05, 3.63) is 59.7 Å². The Hall–Kier alpha value is -2.60. The highest BCUT2D eigenvalue weighted by Gasteiger charge is 2.17. The van der Waals surface area contributed by atoms with E-state index in [0.717, 1.165) is 17.6 Å². The van der Waals surface area contributed by atoms with Crippen molar-refractivity contribution in [2.24, 2.45) is 0 Å². The molecule has 0 bridgehead atoms. The Bertz CT molecular complexity index is 900. The second kappa shape index (κ2) is 5.89. The van der Waals surface area contributed by atoms with Gasteiger partial charge in [0.15, 0.2) is 9.84 Å². The Labute approximate surface area is 134 Å². The highest BCUT2D eigenvalue weighted by molar-refractivity contribution is 7.90. The zero-order valence-corrected chi connectivity index (χ0v) is 13.3. The number of benzene rings is 2. The third-order valence-electron chi connectivity index (χ3n) is 3.44. The summed E-state index contributed by atoms with van der Waals surface area (Å²) in [5, 5.41) is 2.70. The molecule has 23 heavy (non-hydrogen) atoms. The van der Waals surface area contributed by atoms with Gasteiger partial charge >= 0.3 is 0 Å². The Balaban J connectivity index is 1.82.